The number of hydrogen-bond donors (Lipinski definition) is 3. The molecule has 1 rings (SSSR count). The summed E-state index contributed by atoms with van der Waals surface area (Å²) >= 11 is 0. The number of hydrogen-bond acceptors (Lipinski definition) is 5. The molecule has 1 aliphatic rings. The van der Waals surface area contributed by atoms with Crippen molar-refractivity contribution in [2.75, 3.05) is 13.7 Å². The second kappa shape index (κ2) is 4.34. The smallest absolute Gasteiger partial charge is 0.186 e. The number of methoxy groups -OCH3 is 1. The van der Waals surface area contributed by atoms with E-state index in [0.717, 1.165) is 0 Å². The molecular formula is C8H16O5. The molecule has 0 aliphatic carbocycles. The molecule has 1 heterocycles. The molecule has 13 heavy (non-hydrogen) atoms. The zero-order valence-corrected chi connectivity index (χ0v) is 7.75. The minimum absolute atomic E-state index is 0.190. The fraction of sp³-hybridized carbons (Fsp3) is 1.00. The first-order valence-electron chi connectivity index (χ1n) is 4.27. The molecule has 3 N–H and O–H groups in total. The Bertz CT molecular complexity index is 143. The Labute approximate surface area is 76.9 Å². The Morgan fingerprint density at radius 3 is 2.38 bits per heavy atom. The van der Waals surface area contributed by atoms with Crippen molar-refractivity contribution in [2.45, 2.75) is 31.5 Å². The molecule has 1 fully saturated rings. The molecule has 0 aromatic rings. The van der Waals surface area contributed by atoms with Gasteiger partial charge in [-0.3, -0.25) is 0 Å². The maximum Gasteiger partial charge on any atom is 0.186 e. The second-order valence-electron chi connectivity index (χ2n) is 3.30. The molecule has 0 spiro atoms. The minimum atomic E-state index is -1.05. The number of ether oxygens (including phenoxy) is 2. The summed E-state index contributed by atoms with van der Waals surface area (Å²) in [6.07, 6.45) is -3.31. The first-order chi connectivity index (χ1) is 6.11. The molecule has 0 radical (unpaired) electrons. The summed E-state index contributed by atoms with van der Waals surface area (Å²) in [7, 11) is 1.38. The lowest BCUT2D eigenvalue weighted by molar-refractivity contribution is -0.280. The average Bonchev–Trinajstić information content (AvgIpc) is 2.15. The van der Waals surface area contributed by atoms with Crippen molar-refractivity contribution in [2.24, 2.45) is 5.92 Å². The van der Waals surface area contributed by atoms with E-state index < -0.39 is 24.6 Å². The van der Waals surface area contributed by atoms with E-state index in [9.17, 15) is 10.2 Å². The van der Waals surface area contributed by atoms with Gasteiger partial charge in [0.05, 0.1) is 18.8 Å². The first kappa shape index (κ1) is 10.9. The van der Waals surface area contributed by atoms with E-state index in [1.54, 1.807) is 6.92 Å². The van der Waals surface area contributed by atoms with Gasteiger partial charge in [-0.2, -0.15) is 0 Å². The Morgan fingerprint density at radius 1 is 1.31 bits per heavy atom. The maximum absolute atomic E-state index is 9.53. The van der Waals surface area contributed by atoms with Gasteiger partial charge in [0.2, 0.25) is 0 Å². The van der Waals surface area contributed by atoms with Gasteiger partial charge in [0.25, 0.3) is 0 Å². The first-order valence-corrected chi connectivity index (χ1v) is 4.27. The van der Waals surface area contributed by atoms with Crippen LogP contribution in [0.2, 0.25) is 0 Å². The molecule has 78 valence electrons. The van der Waals surface area contributed by atoms with Crippen molar-refractivity contribution >= 4 is 0 Å². The van der Waals surface area contributed by atoms with E-state index in [1.807, 2.05) is 0 Å². The van der Waals surface area contributed by atoms with Gasteiger partial charge in [-0.25, -0.2) is 0 Å². The molecule has 5 heteroatoms. The molecule has 0 saturated carbocycles. The quantitative estimate of drug-likeness (QED) is 0.507. The zero-order valence-electron chi connectivity index (χ0n) is 7.75. The Kier molecular flexibility index (Phi) is 3.63. The third-order valence-electron chi connectivity index (χ3n) is 2.48. The van der Waals surface area contributed by atoms with Crippen molar-refractivity contribution < 1.29 is 24.8 Å². The minimum Gasteiger partial charge on any atom is -0.394 e. The van der Waals surface area contributed by atoms with Gasteiger partial charge >= 0.3 is 0 Å². The van der Waals surface area contributed by atoms with Gasteiger partial charge in [-0.15, -0.1) is 0 Å². The summed E-state index contributed by atoms with van der Waals surface area (Å²) in [6, 6.07) is 0. The van der Waals surface area contributed by atoms with Gasteiger partial charge in [-0.05, 0) is 0 Å². The molecule has 1 saturated heterocycles. The lowest BCUT2D eigenvalue weighted by atomic mass is 9.91. The number of rotatable bonds is 2. The van der Waals surface area contributed by atoms with Crippen molar-refractivity contribution in [1.29, 1.82) is 0 Å². The van der Waals surface area contributed by atoms with Crippen LogP contribution >= 0.6 is 0 Å². The topological polar surface area (TPSA) is 79.2 Å². The predicted molar refractivity (Wildman–Crippen MR) is 43.9 cm³/mol. The summed E-state index contributed by atoms with van der Waals surface area (Å²) in [5.41, 5.74) is 0. The molecule has 1 aliphatic heterocycles. The third kappa shape index (κ3) is 2.00. The van der Waals surface area contributed by atoms with Crippen molar-refractivity contribution in [1.82, 2.24) is 0 Å². The molecule has 0 bridgehead atoms. The molecular weight excluding hydrogens is 176 g/mol. The zero-order chi connectivity index (χ0) is 10.0. The van der Waals surface area contributed by atoms with Crippen LogP contribution < -0.4 is 0 Å². The van der Waals surface area contributed by atoms with Crippen LogP contribution in [0.4, 0.5) is 0 Å². The fourth-order valence-electron chi connectivity index (χ4n) is 1.47. The second-order valence-corrected chi connectivity index (χ2v) is 3.30. The van der Waals surface area contributed by atoms with Crippen LogP contribution in [-0.4, -0.2) is 53.6 Å². The molecule has 5 nitrogen and oxygen atoms in total. The number of aliphatic hydroxyl groups is 3. The highest BCUT2D eigenvalue weighted by molar-refractivity contribution is 4.86. The van der Waals surface area contributed by atoms with Gasteiger partial charge in [0.1, 0.15) is 6.10 Å². The van der Waals surface area contributed by atoms with Crippen LogP contribution in [0.25, 0.3) is 0 Å². The van der Waals surface area contributed by atoms with Crippen molar-refractivity contribution in [3.63, 3.8) is 0 Å². The Balaban J connectivity index is 2.66. The van der Waals surface area contributed by atoms with Gasteiger partial charge < -0.3 is 24.8 Å². The number of aliphatic hydroxyl groups excluding tert-OH is 3. The molecule has 0 unspecified atom stereocenters. The van der Waals surface area contributed by atoms with Crippen LogP contribution in [0, 0.1) is 5.92 Å². The largest absolute Gasteiger partial charge is 0.394 e. The average molecular weight is 192 g/mol. The molecule has 0 aromatic heterocycles. The highest BCUT2D eigenvalue weighted by Crippen LogP contribution is 2.25. The van der Waals surface area contributed by atoms with Crippen LogP contribution in [0.5, 0.6) is 0 Å². The predicted octanol–water partition coefficient (Wildman–Crippen LogP) is -1.29. The monoisotopic (exact) mass is 192 g/mol. The highest BCUT2D eigenvalue weighted by atomic mass is 16.7. The van der Waals surface area contributed by atoms with Gasteiger partial charge in [0, 0.05) is 13.0 Å². The van der Waals surface area contributed by atoms with Crippen molar-refractivity contribution in [3.05, 3.63) is 0 Å². The standard InChI is InChI=1S/C8H16O5/c1-4-5(3-9)13-8(12-2)7(11)6(4)10/h4-11H,3H2,1-2H3/t4-,5+,6-,7+,8-/m0/s1. The Morgan fingerprint density at radius 2 is 1.92 bits per heavy atom. The Hall–Kier alpha value is -0.200. The summed E-state index contributed by atoms with van der Waals surface area (Å²) in [5, 5.41) is 27.9. The molecule has 0 aromatic carbocycles. The highest BCUT2D eigenvalue weighted by Gasteiger charge is 2.41. The van der Waals surface area contributed by atoms with E-state index >= 15 is 0 Å². The van der Waals surface area contributed by atoms with Crippen molar-refractivity contribution in [3.8, 4) is 0 Å². The van der Waals surface area contributed by atoms with Gasteiger partial charge in [0.15, 0.2) is 6.29 Å². The van der Waals surface area contributed by atoms with E-state index in [0.29, 0.717) is 0 Å². The van der Waals surface area contributed by atoms with E-state index in [1.165, 1.54) is 7.11 Å². The third-order valence-corrected chi connectivity index (χ3v) is 2.48. The molecule has 0 amide bonds. The lowest BCUT2D eigenvalue weighted by Gasteiger charge is -2.40. The lowest BCUT2D eigenvalue weighted by Crippen LogP contribution is -2.55. The van der Waals surface area contributed by atoms with E-state index in [-0.39, 0.29) is 12.5 Å². The molecule has 5 atom stereocenters. The summed E-state index contributed by atoms with van der Waals surface area (Å²) in [4.78, 5) is 0. The van der Waals surface area contributed by atoms with E-state index in [4.69, 9.17) is 14.6 Å². The summed E-state index contributed by atoms with van der Waals surface area (Å²) in [5.74, 6) is -0.300. The maximum atomic E-state index is 9.53. The van der Waals surface area contributed by atoms with Crippen LogP contribution in [0.1, 0.15) is 6.92 Å². The van der Waals surface area contributed by atoms with Crippen LogP contribution in [0.15, 0.2) is 0 Å². The van der Waals surface area contributed by atoms with Crippen LogP contribution in [-0.2, 0) is 9.47 Å². The van der Waals surface area contributed by atoms with Gasteiger partial charge in [-0.1, -0.05) is 6.92 Å². The normalized spacial score (nSPS) is 46.4. The summed E-state index contributed by atoms with van der Waals surface area (Å²) in [6.45, 7) is 1.52. The van der Waals surface area contributed by atoms with Crippen LogP contribution in [0.3, 0.4) is 0 Å². The fourth-order valence-corrected chi connectivity index (χ4v) is 1.47. The summed E-state index contributed by atoms with van der Waals surface area (Å²) < 4.78 is 10.0. The SMILES string of the molecule is CO[C@H]1O[C@H](CO)[C@H](C)[C@H](O)[C@H]1O. The van der Waals surface area contributed by atoms with E-state index in [2.05, 4.69) is 0 Å².